The molecule has 12 heteroatoms. The third kappa shape index (κ3) is 4.78. The fourth-order valence-electron chi connectivity index (χ4n) is 4.95. The summed E-state index contributed by atoms with van der Waals surface area (Å²) >= 11 is 0. The highest BCUT2D eigenvalue weighted by Crippen LogP contribution is 2.44. The van der Waals surface area contributed by atoms with Crippen molar-refractivity contribution in [3.05, 3.63) is 34.9 Å². The maximum atomic E-state index is 13.2. The molecule has 1 aromatic heterocycles. The lowest BCUT2D eigenvalue weighted by Crippen LogP contribution is -2.57. The molecule has 2 aliphatic heterocycles. The molecule has 1 N–H and O–H groups in total. The van der Waals surface area contributed by atoms with Gasteiger partial charge in [-0.05, 0) is 58.2 Å². The highest BCUT2D eigenvalue weighted by molar-refractivity contribution is 5.82. The van der Waals surface area contributed by atoms with Crippen molar-refractivity contribution in [1.29, 1.82) is 0 Å². The molecule has 3 heterocycles. The summed E-state index contributed by atoms with van der Waals surface area (Å²) in [6.45, 7) is 4.86. The van der Waals surface area contributed by atoms with Crippen LogP contribution < -0.4 is 5.56 Å². The van der Waals surface area contributed by atoms with Gasteiger partial charge in [0.25, 0.3) is 5.56 Å². The minimum absolute atomic E-state index is 0.0888. The number of piperidine rings is 1. The number of halogens is 3. The summed E-state index contributed by atoms with van der Waals surface area (Å²) in [4.78, 5) is 44.6. The number of amides is 2. The van der Waals surface area contributed by atoms with Crippen LogP contribution in [0.1, 0.15) is 46.1 Å². The molecule has 1 atom stereocenters. The first-order valence-corrected chi connectivity index (χ1v) is 11.3. The number of phenols is 1. The number of hydrogen-bond acceptors (Lipinski definition) is 6. The van der Waals surface area contributed by atoms with Gasteiger partial charge in [0.15, 0.2) is 0 Å². The van der Waals surface area contributed by atoms with Crippen molar-refractivity contribution in [2.24, 2.45) is 0 Å². The lowest BCUT2D eigenvalue weighted by Gasteiger charge is -2.44. The lowest BCUT2D eigenvalue weighted by molar-refractivity contribution is -0.187. The third-order valence-corrected chi connectivity index (χ3v) is 6.58. The van der Waals surface area contributed by atoms with Crippen LogP contribution >= 0.6 is 0 Å². The Balaban J connectivity index is 1.66. The standard InChI is InChI=1S/C23H27F3N4O5/c1-21(2,3)35-20(34)30-12-14(29-13-27-17-5-4-15(31)10-16(17)18(29)32)11-22(30)6-8-28(9-7-22)19(33)23(24,25)26/h4-5,10,13-14,31H,6-9,11-12H2,1-3H3. The largest absolute Gasteiger partial charge is 0.508 e. The van der Waals surface area contributed by atoms with Gasteiger partial charge >= 0.3 is 18.2 Å². The predicted octanol–water partition coefficient (Wildman–Crippen LogP) is 3.21. The molecule has 190 valence electrons. The zero-order valence-electron chi connectivity index (χ0n) is 19.6. The van der Waals surface area contributed by atoms with Crippen LogP contribution in [0.2, 0.25) is 0 Å². The van der Waals surface area contributed by atoms with E-state index in [1.165, 1.54) is 34.0 Å². The number of fused-ring (bicyclic) bond motifs is 1. The monoisotopic (exact) mass is 496 g/mol. The summed E-state index contributed by atoms with van der Waals surface area (Å²) in [5, 5.41) is 10.0. The second-order valence-electron chi connectivity index (χ2n) is 10.1. The molecule has 2 saturated heterocycles. The number of carbonyl (C=O) groups excluding carboxylic acids is 2. The van der Waals surface area contributed by atoms with Gasteiger partial charge in [0, 0.05) is 19.6 Å². The van der Waals surface area contributed by atoms with Gasteiger partial charge in [0.05, 0.1) is 28.8 Å². The Morgan fingerprint density at radius 3 is 2.43 bits per heavy atom. The highest BCUT2D eigenvalue weighted by atomic mass is 19.4. The van der Waals surface area contributed by atoms with Gasteiger partial charge in [-0.3, -0.25) is 14.2 Å². The Hall–Kier alpha value is -3.31. The second-order valence-corrected chi connectivity index (χ2v) is 10.1. The van der Waals surface area contributed by atoms with Gasteiger partial charge in [-0.15, -0.1) is 0 Å². The van der Waals surface area contributed by atoms with Crippen molar-refractivity contribution in [3.8, 4) is 5.75 Å². The molecule has 2 aliphatic rings. The maximum absolute atomic E-state index is 13.2. The molecule has 0 bridgehead atoms. The Kier molecular flexibility index (Phi) is 5.97. The predicted molar refractivity (Wildman–Crippen MR) is 119 cm³/mol. The molecule has 1 aromatic carbocycles. The van der Waals surface area contributed by atoms with E-state index in [2.05, 4.69) is 4.98 Å². The van der Waals surface area contributed by atoms with E-state index in [9.17, 15) is 32.7 Å². The minimum atomic E-state index is -4.97. The normalized spacial score (nSPS) is 20.5. The van der Waals surface area contributed by atoms with Crippen LogP contribution in [-0.2, 0) is 9.53 Å². The van der Waals surface area contributed by atoms with Crippen molar-refractivity contribution in [3.63, 3.8) is 0 Å². The fraction of sp³-hybridized carbons (Fsp3) is 0.565. The average Bonchev–Trinajstić information content (AvgIpc) is 3.11. The average molecular weight is 496 g/mol. The number of likely N-dealkylation sites (tertiary alicyclic amines) is 2. The summed E-state index contributed by atoms with van der Waals surface area (Å²) in [6.07, 6.45) is -3.71. The summed E-state index contributed by atoms with van der Waals surface area (Å²) in [7, 11) is 0. The van der Waals surface area contributed by atoms with E-state index in [1.807, 2.05) is 0 Å². The van der Waals surface area contributed by atoms with Crippen LogP contribution in [0.4, 0.5) is 18.0 Å². The number of carbonyl (C=O) groups is 2. The van der Waals surface area contributed by atoms with Gasteiger partial charge in [-0.1, -0.05) is 0 Å². The first kappa shape index (κ1) is 24.8. The van der Waals surface area contributed by atoms with E-state index < -0.39 is 40.9 Å². The molecule has 2 amide bonds. The van der Waals surface area contributed by atoms with Crippen LogP contribution in [0.5, 0.6) is 5.75 Å². The molecular formula is C23H27F3N4O5. The molecule has 2 fully saturated rings. The van der Waals surface area contributed by atoms with Gasteiger partial charge in [-0.2, -0.15) is 13.2 Å². The minimum Gasteiger partial charge on any atom is -0.508 e. The number of phenolic OH excluding ortho intramolecular Hbond substituents is 1. The summed E-state index contributed by atoms with van der Waals surface area (Å²) < 4.78 is 45.8. The number of aromatic hydroxyl groups is 1. The van der Waals surface area contributed by atoms with Gasteiger partial charge in [-0.25, -0.2) is 9.78 Å². The second kappa shape index (κ2) is 8.42. The molecule has 4 rings (SSSR count). The third-order valence-electron chi connectivity index (χ3n) is 6.58. The van der Waals surface area contributed by atoms with Crippen molar-refractivity contribution in [2.75, 3.05) is 19.6 Å². The van der Waals surface area contributed by atoms with E-state index in [0.717, 1.165) is 4.90 Å². The van der Waals surface area contributed by atoms with Crippen molar-refractivity contribution >= 4 is 22.9 Å². The number of aromatic nitrogens is 2. The molecule has 9 nitrogen and oxygen atoms in total. The Morgan fingerprint density at radius 2 is 1.83 bits per heavy atom. The van der Waals surface area contributed by atoms with E-state index in [4.69, 9.17) is 4.74 Å². The molecule has 1 unspecified atom stereocenters. The van der Waals surface area contributed by atoms with Gasteiger partial charge < -0.3 is 19.6 Å². The SMILES string of the molecule is CC(C)(C)OC(=O)N1CC(n2cnc3ccc(O)cc3c2=O)CC12CCN(C(=O)C(F)(F)F)CC2. The zero-order valence-corrected chi connectivity index (χ0v) is 19.6. The molecular weight excluding hydrogens is 469 g/mol. The first-order valence-electron chi connectivity index (χ1n) is 11.3. The molecule has 0 saturated carbocycles. The van der Waals surface area contributed by atoms with Gasteiger partial charge in [0.1, 0.15) is 11.4 Å². The Labute approximate surface area is 199 Å². The summed E-state index contributed by atoms with van der Waals surface area (Å²) in [5.74, 6) is -1.99. The topological polar surface area (TPSA) is 105 Å². The number of hydrogen-bond donors (Lipinski definition) is 1. The number of rotatable bonds is 1. The van der Waals surface area contributed by atoms with E-state index in [1.54, 1.807) is 20.8 Å². The molecule has 2 aromatic rings. The zero-order chi connectivity index (χ0) is 25.8. The summed E-state index contributed by atoms with van der Waals surface area (Å²) in [5.41, 5.74) is -1.69. The van der Waals surface area contributed by atoms with Crippen molar-refractivity contribution in [1.82, 2.24) is 19.4 Å². The van der Waals surface area contributed by atoms with E-state index in [0.29, 0.717) is 5.52 Å². The quantitative estimate of drug-likeness (QED) is 0.650. The first-order chi connectivity index (χ1) is 16.2. The fourth-order valence-corrected chi connectivity index (χ4v) is 4.95. The molecule has 1 spiro atoms. The van der Waals surface area contributed by atoms with Crippen LogP contribution in [-0.4, -0.2) is 73.4 Å². The van der Waals surface area contributed by atoms with Crippen LogP contribution in [0.3, 0.4) is 0 Å². The summed E-state index contributed by atoms with van der Waals surface area (Å²) in [6, 6.07) is 3.74. The Morgan fingerprint density at radius 1 is 1.17 bits per heavy atom. The van der Waals surface area contributed by atoms with Crippen LogP contribution in [0.25, 0.3) is 10.9 Å². The molecule has 35 heavy (non-hydrogen) atoms. The number of nitrogens with zero attached hydrogens (tertiary/aromatic N) is 4. The number of ether oxygens (including phenoxy) is 1. The maximum Gasteiger partial charge on any atom is 0.471 e. The van der Waals surface area contributed by atoms with E-state index >= 15 is 0 Å². The smallest absolute Gasteiger partial charge is 0.471 e. The van der Waals surface area contributed by atoms with Gasteiger partial charge in [0.2, 0.25) is 0 Å². The Bertz CT molecular complexity index is 1210. The molecule has 0 radical (unpaired) electrons. The van der Waals surface area contributed by atoms with E-state index in [-0.39, 0.29) is 50.0 Å². The van der Waals surface area contributed by atoms with Crippen molar-refractivity contribution < 1.29 is 32.6 Å². The van der Waals surface area contributed by atoms with Crippen molar-refractivity contribution in [2.45, 2.75) is 63.4 Å². The highest BCUT2D eigenvalue weighted by Gasteiger charge is 2.53. The molecule has 0 aliphatic carbocycles. The number of alkyl halides is 3. The van der Waals surface area contributed by atoms with Crippen LogP contribution in [0.15, 0.2) is 29.3 Å². The lowest BCUT2D eigenvalue weighted by atomic mass is 9.84. The van der Waals surface area contributed by atoms with Crippen LogP contribution in [0, 0.1) is 0 Å². The number of benzene rings is 1.